The van der Waals surface area contributed by atoms with Gasteiger partial charge in [0.25, 0.3) is 5.91 Å². The quantitative estimate of drug-likeness (QED) is 0.841. The van der Waals surface area contributed by atoms with Gasteiger partial charge in [-0.25, -0.2) is 0 Å². The van der Waals surface area contributed by atoms with Gasteiger partial charge in [-0.15, -0.1) is 0 Å². The zero-order valence-electron chi connectivity index (χ0n) is 12.6. The first kappa shape index (κ1) is 14.5. The number of amides is 1. The Balaban J connectivity index is 1.53. The molecule has 0 aromatic carbocycles. The summed E-state index contributed by atoms with van der Waals surface area (Å²) in [6.07, 6.45) is 3.71. The van der Waals surface area contributed by atoms with E-state index in [0.717, 1.165) is 52.2 Å². The Morgan fingerprint density at radius 1 is 1.33 bits per heavy atom. The largest absolute Gasteiger partial charge is 0.377 e. The Kier molecular flexibility index (Phi) is 4.55. The lowest BCUT2D eigenvalue weighted by Crippen LogP contribution is -2.37. The highest BCUT2D eigenvalue weighted by atomic mass is 16.5. The van der Waals surface area contributed by atoms with E-state index in [-0.39, 0.29) is 5.91 Å². The minimum atomic E-state index is -0.0224. The molecule has 0 radical (unpaired) electrons. The van der Waals surface area contributed by atoms with Crippen LogP contribution in [0.2, 0.25) is 0 Å². The first-order valence-corrected chi connectivity index (χ1v) is 7.79. The molecule has 0 spiro atoms. The zero-order chi connectivity index (χ0) is 14.7. The average Bonchev–Trinajstić information content (AvgIpc) is 3.07. The molecule has 21 heavy (non-hydrogen) atoms. The highest BCUT2D eigenvalue weighted by Gasteiger charge is 2.25. The van der Waals surface area contributed by atoms with Crippen LogP contribution in [0.5, 0.6) is 0 Å². The van der Waals surface area contributed by atoms with Gasteiger partial charge in [0.2, 0.25) is 0 Å². The lowest BCUT2D eigenvalue weighted by atomic mass is 10.2. The van der Waals surface area contributed by atoms with Gasteiger partial charge in [-0.05, 0) is 32.7 Å². The normalized spacial score (nSPS) is 24.2. The molecule has 2 aliphatic rings. The SMILES string of the molecule is Cc1cc(C(=O)N2CCCN(C[C@H]3CCCO3)CC2)no1. The van der Waals surface area contributed by atoms with Crippen molar-refractivity contribution in [1.29, 1.82) is 0 Å². The van der Waals surface area contributed by atoms with Crippen molar-refractivity contribution < 1.29 is 14.1 Å². The number of carbonyl (C=O) groups is 1. The van der Waals surface area contributed by atoms with Crippen molar-refractivity contribution in [1.82, 2.24) is 15.0 Å². The van der Waals surface area contributed by atoms with Gasteiger partial charge in [-0.2, -0.15) is 0 Å². The van der Waals surface area contributed by atoms with E-state index in [0.29, 0.717) is 17.6 Å². The Morgan fingerprint density at radius 3 is 2.95 bits per heavy atom. The number of carbonyl (C=O) groups excluding carboxylic acids is 1. The summed E-state index contributed by atoms with van der Waals surface area (Å²) in [6, 6.07) is 1.71. The second-order valence-electron chi connectivity index (χ2n) is 5.90. The molecule has 1 aromatic heterocycles. The lowest BCUT2D eigenvalue weighted by molar-refractivity contribution is 0.0699. The molecular formula is C15H23N3O3. The number of hydrogen-bond acceptors (Lipinski definition) is 5. The molecular weight excluding hydrogens is 270 g/mol. The lowest BCUT2D eigenvalue weighted by Gasteiger charge is -2.23. The van der Waals surface area contributed by atoms with E-state index in [2.05, 4.69) is 10.1 Å². The standard InChI is InChI=1S/C15H23N3O3/c1-12-10-14(16-21-12)15(19)18-6-3-5-17(7-8-18)11-13-4-2-9-20-13/h10,13H,2-9,11H2,1H3/t13-/m1/s1. The topological polar surface area (TPSA) is 58.8 Å². The summed E-state index contributed by atoms with van der Waals surface area (Å²) in [6.45, 7) is 7.16. The van der Waals surface area contributed by atoms with Crippen molar-refractivity contribution in [3.63, 3.8) is 0 Å². The van der Waals surface area contributed by atoms with Crippen LogP contribution < -0.4 is 0 Å². The van der Waals surface area contributed by atoms with Crippen LogP contribution in [-0.4, -0.2) is 66.3 Å². The summed E-state index contributed by atoms with van der Waals surface area (Å²) in [5, 5.41) is 3.82. The summed E-state index contributed by atoms with van der Waals surface area (Å²) in [7, 11) is 0. The third-order valence-corrected chi connectivity index (χ3v) is 4.21. The summed E-state index contributed by atoms with van der Waals surface area (Å²) in [5.41, 5.74) is 0.417. The first-order chi connectivity index (χ1) is 10.2. The van der Waals surface area contributed by atoms with E-state index >= 15 is 0 Å². The predicted octanol–water partition coefficient (Wildman–Crippen LogP) is 1.31. The molecule has 0 unspecified atom stereocenters. The van der Waals surface area contributed by atoms with Crippen LogP contribution in [0.15, 0.2) is 10.6 Å². The first-order valence-electron chi connectivity index (χ1n) is 7.79. The van der Waals surface area contributed by atoms with Gasteiger partial charge in [-0.1, -0.05) is 5.16 Å². The fourth-order valence-corrected chi connectivity index (χ4v) is 3.06. The van der Waals surface area contributed by atoms with E-state index in [1.165, 1.54) is 6.42 Å². The third-order valence-electron chi connectivity index (χ3n) is 4.21. The smallest absolute Gasteiger partial charge is 0.276 e. The molecule has 6 heteroatoms. The summed E-state index contributed by atoms with van der Waals surface area (Å²) in [5.74, 6) is 0.652. The molecule has 2 aliphatic heterocycles. The van der Waals surface area contributed by atoms with Gasteiger partial charge in [0, 0.05) is 38.9 Å². The van der Waals surface area contributed by atoms with Crippen LogP contribution in [0.1, 0.15) is 35.5 Å². The molecule has 1 amide bonds. The fourth-order valence-electron chi connectivity index (χ4n) is 3.06. The monoisotopic (exact) mass is 293 g/mol. The molecule has 0 N–H and O–H groups in total. The number of rotatable bonds is 3. The van der Waals surface area contributed by atoms with Gasteiger partial charge in [-0.3, -0.25) is 9.69 Å². The number of nitrogens with zero attached hydrogens (tertiary/aromatic N) is 3. The molecule has 3 rings (SSSR count). The molecule has 2 fully saturated rings. The van der Waals surface area contributed by atoms with Crippen LogP contribution in [0.4, 0.5) is 0 Å². The maximum Gasteiger partial charge on any atom is 0.276 e. The van der Waals surface area contributed by atoms with Crippen molar-refractivity contribution in [2.75, 3.05) is 39.3 Å². The van der Waals surface area contributed by atoms with Crippen molar-refractivity contribution in [3.05, 3.63) is 17.5 Å². The van der Waals surface area contributed by atoms with Crippen molar-refractivity contribution in [2.45, 2.75) is 32.3 Å². The Morgan fingerprint density at radius 2 is 2.24 bits per heavy atom. The van der Waals surface area contributed by atoms with E-state index in [1.54, 1.807) is 13.0 Å². The van der Waals surface area contributed by atoms with Gasteiger partial charge in [0.1, 0.15) is 5.76 Å². The van der Waals surface area contributed by atoms with E-state index < -0.39 is 0 Å². The number of aromatic nitrogens is 1. The third kappa shape index (κ3) is 3.63. The highest BCUT2D eigenvalue weighted by molar-refractivity contribution is 5.92. The van der Waals surface area contributed by atoms with Gasteiger partial charge in [0.15, 0.2) is 5.69 Å². The molecule has 1 atom stereocenters. The van der Waals surface area contributed by atoms with Crippen molar-refractivity contribution in [2.24, 2.45) is 0 Å². The minimum Gasteiger partial charge on any atom is -0.377 e. The number of aryl methyl sites for hydroxylation is 1. The Hall–Kier alpha value is -1.40. The minimum absolute atomic E-state index is 0.0224. The number of ether oxygens (including phenoxy) is 1. The van der Waals surface area contributed by atoms with Gasteiger partial charge in [0.05, 0.1) is 6.10 Å². The molecule has 0 saturated carbocycles. The second kappa shape index (κ2) is 6.58. The average molecular weight is 293 g/mol. The maximum absolute atomic E-state index is 12.4. The van der Waals surface area contributed by atoms with Crippen molar-refractivity contribution in [3.8, 4) is 0 Å². The molecule has 0 bridgehead atoms. The van der Waals surface area contributed by atoms with Crippen molar-refractivity contribution >= 4 is 5.91 Å². The van der Waals surface area contributed by atoms with Gasteiger partial charge >= 0.3 is 0 Å². The summed E-state index contributed by atoms with van der Waals surface area (Å²) in [4.78, 5) is 16.7. The number of hydrogen-bond donors (Lipinski definition) is 0. The van der Waals surface area contributed by atoms with E-state index in [9.17, 15) is 4.79 Å². The fraction of sp³-hybridized carbons (Fsp3) is 0.733. The maximum atomic E-state index is 12.4. The molecule has 2 saturated heterocycles. The predicted molar refractivity (Wildman–Crippen MR) is 77.2 cm³/mol. The summed E-state index contributed by atoms with van der Waals surface area (Å²) < 4.78 is 10.7. The summed E-state index contributed by atoms with van der Waals surface area (Å²) >= 11 is 0. The highest BCUT2D eigenvalue weighted by Crippen LogP contribution is 2.15. The van der Waals surface area contributed by atoms with Crippen LogP contribution in [-0.2, 0) is 4.74 Å². The zero-order valence-corrected chi connectivity index (χ0v) is 12.6. The van der Waals surface area contributed by atoms with Crippen LogP contribution in [0.3, 0.4) is 0 Å². The Labute approximate surface area is 125 Å². The van der Waals surface area contributed by atoms with Crippen LogP contribution in [0.25, 0.3) is 0 Å². The molecule has 116 valence electrons. The molecule has 3 heterocycles. The molecule has 6 nitrogen and oxygen atoms in total. The molecule has 1 aromatic rings. The second-order valence-corrected chi connectivity index (χ2v) is 5.90. The van der Waals surface area contributed by atoms with Gasteiger partial charge < -0.3 is 14.2 Å². The van der Waals surface area contributed by atoms with Crippen LogP contribution >= 0.6 is 0 Å². The van der Waals surface area contributed by atoms with E-state index in [1.807, 2.05) is 4.90 Å². The molecule has 0 aliphatic carbocycles. The van der Waals surface area contributed by atoms with E-state index in [4.69, 9.17) is 9.26 Å². The Bertz CT molecular complexity index is 482. The van der Waals surface area contributed by atoms with Crippen LogP contribution in [0, 0.1) is 6.92 Å².